The highest BCUT2D eigenvalue weighted by atomic mass is 16.4. The molecular formula is C23H26N2O3. The zero-order valence-electron chi connectivity index (χ0n) is 16.5. The number of carboxylic acid groups (broad SMARTS) is 1. The van der Waals surface area contributed by atoms with Crippen LogP contribution < -0.4 is 4.90 Å². The molecule has 0 bridgehead atoms. The molecule has 0 radical (unpaired) electrons. The number of anilines is 1. The van der Waals surface area contributed by atoms with E-state index >= 15 is 0 Å². The average Bonchev–Trinajstić information content (AvgIpc) is 3.05. The highest BCUT2D eigenvalue weighted by Gasteiger charge is 2.22. The third-order valence-electron chi connectivity index (χ3n) is 4.98. The predicted molar refractivity (Wildman–Crippen MR) is 112 cm³/mol. The molecule has 1 amide bonds. The number of hydrogen-bond donors (Lipinski definition) is 2. The van der Waals surface area contributed by atoms with Gasteiger partial charge in [0.2, 0.25) is 5.91 Å². The molecule has 0 saturated heterocycles. The molecule has 0 atom stereocenters. The maximum atomic E-state index is 13.2. The van der Waals surface area contributed by atoms with Crippen molar-refractivity contribution in [3.63, 3.8) is 0 Å². The third kappa shape index (κ3) is 3.93. The fourth-order valence-corrected chi connectivity index (χ4v) is 3.47. The summed E-state index contributed by atoms with van der Waals surface area (Å²) in [6.07, 6.45) is 0.856. The first kappa shape index (κ1) is 19.7. The standard InChI is InChI=1S/C23H26N2O3/c1-4-13-25(17-11-9-16(10-12-17)15(2)3)21(26)14-19-18-7-5-6-8-20(18)24-22(19)23(27)28/h5-12,15,24H,4,13-14H2,1-3H3,(H,27,28). The number of hydrogen-bond acceptors (Lipinski definition) is 2. The number of nitrogens with zero attached hydrogens (tertiary/aromatic N) is 1. The topological polar surface area (TPSA) is 73.4 Å². The molecule has 2 N–H and O–H groups in total. The normalized spacial score (nSPS) is 11.1. The van der Waals surface area contributed by atoms with Gasteiger partial charge in [0, 0.05) is 28.7 Å². The maximum absolute atomic E-state index is 13.2. The van der Waals surface area contributed by atoms with E-state index < -0.39 is 5.97 Å². The van der Waals surface area contributed by atoms with E-state index in [4.69, 9.17) is 0 Å². The fourth-order valence-electron chi connectivity index (χ4n) is 3.47. The molecular weight excluding hydrogens is 352 g/mol. The highest BCUT2D eigenvalue weighted by molar-refractivity contribution is 6.03. The number of carboxylic acids is 1. The number of aromatic amines is 1. The summed E-state index contributed by atoms with van der Waals surface area (Å²) in [5.74, 6) is -0.734. The average molecular weight is 378 g/mol. The minimum Gasteiger partial charge on any atom is -0.477 e. The van der Waals surface area contributed by atoms with Gasteiger partial charge in [-0.25, -0.2) is 4.79 Å². The van der Waals surface area contributed by atoms with Gasteiger partial charge < -0.3 is 15.0 Å². The van der Waals surface area contributed by atoms with Crippen LogP contribution in [0.1, 0.15) is 54.7 Å². The molecule has 1 heterocycles. The lowest BCUT2D eigenvalue weighted by Gasteiger charge is -2.23. The third-order valence-corrected chi connectivity index (χ3v) is 4.98. The summed E-state index contributed by atoms with van der Waals surface area (Å²) in [6, 6.07) is 15.4. The van der Waals surface area contributed by atoms with Crippen molar-refractivity contribution in [1.29, 1.82) is 0 Å². The molecule has 3 rings (SSSR count). The number of carbonyl (C=O) groups excluding carboxylic acids is 1. The Balaban J connectivity index is 1.94. The Morgan fingerprint density at radius 3 is 2.36 bits per heavy atom. The Morgan fingerprint density at radius 1 is 1.07 bits per heavy atom. The Morgan fingerprint density at radius 2 is 1.75 bits per heavy atom. The van der Waals surface area contributed by atoms with Crippen LogP contribution in [0.5, 0.6) is 0 Å². The van der Waals surface area contributed by atoms with Crippen LogP contribution in [-0.2, 0) is 11.2 Å². The van der Waals surface area contributed by atoms with E-state index in [2.05, 4.69) is 18.8 Å². The number of benzene rings is 2. The van der Waals surface area contributed by atoms with E-state index in [1.165, 1.54) is 5.56 Å². The molecule has 5 nitrogen and oxygen atoms in total. The Hall–Kier alpha value is -3.08. The van der Waals surface area contributed by atoms with Crippen molar-refractivity contribution in [2.45, 2.75) is 39.5 Å². The van der Waals surface area contributed by atoms with Crippen molar-refractivity contribution in [2.24, 2.45) is 0 Å². The van der Waals surface area contributed by atoms with Crippen molar-refractivity contribution in [1.82, 2.24) is 4.98 Å². The number of carbonyl (C=O) groups is 2. The maximum Gasteiger partial charge on any atom is 0.352 e. The second-order valence-corrected chi connectivity index (χ2v) is 7.30. The van der Waals surface area contributed by atoms with Crippen LogP contribution in [0, 0.1) is 0 Å². The number of aromatic carboxylic acids is 1. The van der Waals surface area contributed by atoms with Gasteiger partial charge >= 0.3 is 5.97 Å². The number of para-hydroxylation sites is 1. The van der Waals surface area contributed by atoms with Crippen molar-refractivity contribution in [2.75, 3.05) is 11.4 Å². The second kappa shape index (κ2) is 8.30. The highest BCUT2D eigenvalue weighted by Crippen LogP contribution is 2.26. The summed E-state index contributed by atoms with van der Waals surface area (Å²) in [5, 5.41) is 10.3. The van der Waals surface area contributed by atoms with E-state index in [0.29, 0.717) is 18.0 Å². The quantitative estimate of drug-likeness (QED) is 0.609. The van der Waals surface area contributed by atoms with E-state index in [1.807, 2.05) is 55.5 Å². The van der Waals surface area contributed by atoms with Crippen LogP contribution in [-0.4, -0.2) is 28.5 Å². The predicted octanol–water partition coefficient (Wildman–Crippen LogP) is 4.98. The largest absolute Gasteiger partial charge is 0.477 e. The van der Waals surface area contributed by atoms with Crippen LogP contribution >= 0.6 is 0 Å². The van der Waals surface area contributed by atoms with E-state index in [1.54, 1.807) is 4.90 Å². The summed E-state index contributed by atoms with van der Waals surface area (Å²) in [5.41, 5.74) is 3.41. The van der Waals surface area contributed by atoms with Gasteiger partial charge in [0.25, 0.3) is 0 Å². The van der Waals surface area contributed by atoms with Crippen LogP contribution in [0.15, 0.2) is 48.5 Å². The fraction of sp³-hybridized carbons (Fsp3) is 0.304. The zero-order chi connectivity index (χ0) is 20.3. The molecule has 2 aromatic carbocycles. The summed E-state index contributed by atoms with van der Waals surface area (Å²) >= 11 is 0. The van der Waals surface area contributed by atoms with Crippen molar-refractivity contribution in [3.8, 4) is 0 Å². The number of nitrogens with one attached hydrogen (secondary N) is 1. The SMILES string of the molecule is CCCN(C(=O)Cc1c(C(=O)O)[nH]c2ccccc12)c1ccc(C(C)C)cc1. The second-order valence-electron chi connectivity index (χ2n) is 7.30. The van der Waals surface area contributed by atoms with Gasteiger partial charge in [0.15, 0.2) is 0 Å². The van der Waals surface area contributed by atoms with Gasteiger partial charge in [-0.2, -0.15) is 0 Å². The zero-order valence-corrected chi connectivity index (χ0v) is 16.5. The molecule has 0 unspecified atom stereocenters. The van der Waals surface area contributed by atoms with Crippen molar-refractivity contribution >= 4 is 28.5 Å². The summed E-state index contributed by atoms with van der Waals surface area (Å²) < 4.78 is 0. The number of H-pyrrole nitrogens is 1. The molecule has 146 valence electrons. The van der Waals surface area contributed by atoms with E-state index in [-0.39, 0.29) is 18.0 Å². The van der Waals surface area contributed by atoms with Gasteiger partial charge in [-0.05, 0) is 36.1 Å². The Kier molecular flexibility index (Phi) is 5.83. The van der Waals surface area contributed by atoms with Crippen LogP contribution in [0.2, 0.25) is 0 Å². The molecule has 0 spiro atoms. The Labute approximate surface area is 165 Å². The number of rotatable bonds is 7. The van der Waals surface area contributed by atoms with Gasteiger partial charge in [-0.1, -0.05) is 51.1 Å². The smallest absolute Gasteiger partial charge is 0.352 e. The monoisotopic (exact) mass is 378 g/mol. The molecule has 0 saturated carbocycles. The first-order valence-electron chi connectivity index (χ1n) is 9.65. The molecule has 3 aromatic rings. The van der Waals surface area contributed by atoms with E-state index in [0.717, 1.165) is 23.0 Å². The van der Waals surface area contributed by atoms with Crippen molar-refractivity contribution < 1.29 is 14.7 Å². The molecule has 0 aliphatic heterocycles. The first-order chi connectivity index (χ1) is 13.4. The van der Waals surface area contributed by atoms with Crippen LogP contribution in [0.3, 0.4) is 0 Å². The lowest BCUT2D eigenvalue weighted by Crippen LogP contribution is -2.33. The van der Waals surface area contributed by atoms with Gasteiger partial charge in [-0.15, -0.1) is 0 Å². The van der Waals surface area contributed by atoms with E-state index in [9.17, 15) is 14.7 Å². The molecule has 5 heteroatoms. The van der Waals surface area contributed by atoms with Gasteiger partial charge in [0.05, 0.1) is 6.42 Å². The lowest BCUT2D eigenvalue weighted by molar-refractivity contribution is -0.118. The molecule has 0 fully saturated rings. The molecule has 28 heavy (non-hydrogen) atoms. The van der Waals surface area contributed by atoms with Crippen LogP contribution in [0.4, 0.5) is 5.69 Å². The molecule has 0 aliphatic rings. The molecule has 0 aliphatic carbocycles. The van der Waals surface area contributed by atoms with Crippen LogP contribution in [0.25, 0.3) is 10.9 Å². The Bertz CT molecular complexity index is 987. The minimum atomic E-state index is -1.05. The number of aromatic nitrogens is 1. The summed E-state index contributed by atoms with van der Waals surface area (Å²) in [6.45, 7) is 6.88. The lowest BCUT2D eigenvalue weighted by atomic mass is 10.0. The minimum absolute atomic E-state index is 0.0393. The molecule has 1 aromatic heterocycles. The number of amides is 1. The van der Waals surface area contributed by atoms with Crippen molar-refractivity contribution in [3.05, 3.63) is 65.4 Å². The van der Waals surface area contributed by atoms with Gasteiger partial charge in [0.1, 0.15) is 5.69 Å². The summed E-state index contributed by atoms with van der Waals surface area (Å²) in [7, 11) is 0. The number of fused-ring (bicyclic) bond motifs is 1. The summed E-state index contributed by atoms with van der Waals surface area (Å²) in [4.78, 5) is 29.5. The van der Waals surface area contributed by atoms with Gasteiger partial charge in [-0.3, -0.25) is 4.79 Å². The first-order valence-corrected chi connectivity index (χ1v) is 9.65.